The summed E-state index contributed by atoms with van der Waals surface area (Å²) in [6.45, 7) is 3.75. The number of carbonyl (C=O) groups is 1. The van der Waals surface area contributed by atoms with E-state index in [9.17, 15) is 9.18 Å². The van der Waals surface area contributed by atoms with Crippen LogP contribution in [0.3, 0.4) is 0 Å². The quantitative estimate of drug-likeness (QED) is 0.693. The van der Waals surface area contributed by atoms with E-state index in [-0.39, 0.29) is 30.5 Å². The number of hydrogen-bond donors (Lipinski definition) is 2. The highest BCUT2D eigenvalue weighted by Gasteiger charge is 2.20. The van der Waals surface area contributed by atoms with E-state index in [1.54, 1.807) is 18.2 Å². The molecule has 0 saturated carbocycles. The maximum Gasteiger partial charge on any atom is 0.238 e. The summed E-state index contributed by atoms with van der Waals surface area (Å²) < 4.78 is 13.8. The van der Waals surface area contributed by atoms with Gasteiger partial charge in [-0.15, -0.1) is 12.4 Å². The molecule has 4 nitrogen and oxygen atoms in total. The summed E-state index contributed by atoms with van der Waals surface area (Å²) in [5, 5.41) is 6.75. The van der Waals surface area contributed by atoms with Crippen molar-refractivity contribution in [3.8, 4) is 0 Å². The van der Waals surface area contributed by atoms with Crippen molar-refractivity contribution in [3.05, 3.63) is 64.9 Å². The number of para-hydroxylation sites is 1. The fraction of sp³-hybridized carbons (Fsp3) is 0.381. The first-order valence-electron chi connectivity index (χ1n) is 9.32. The maximum atomic E-state index is 13.8. The molecular formula is C21H26Cl2FN3O. The van der Waals surface area contributed by atoms with Crippen molar-refractivity contribution in [1.29, 1.82) is 0 Å². The molecule has 0 bridgehead atoms. The monoisotopic (exact) mass is 425 g/mol. The Labute approximate surface area is 176 Å². The van der Waals surface area contributed by atoms with Gasteiger partial charge in [0.25, 0.3) is 0 Å². The molecule has 1 aliphatic heterocycles. The maximum absolute atomic E-state index is 13.8. The molecule has 0 aromatic heterocycles. The van der Waals surface area contributed by atoms with Crippen LogP contribution in [-0.4, -0.2) is 37.0 Å². The molecule has 2 aromatic rings. The van der Waals surface area contributed by atoms with Crippen LogP contribution in [0.2, 0.25) is 5.02 Å². The van der Waals surface area contributed by atoms with Gasteiger partial charge in [0.2, 0.25) is 5.91 Å². The number of nitrogens with zero attached hydrogens (tertiary/aromatic N) is 1. The molecule has 1 fully saturated rings. The lowest BCUT2D eigenvalue weighted by atomic mass is 9.97. The molecule has 152 valence electrons. The zero-order valence-corrected chi connectivity index (χ0v) is 17.2. The summed E-state index contributed by atoms with van der Waals surface area (Å²) in [6.07, 6.45) is 2.21. The van der Waals surface area contributed by atoms with E-state index in [4.69, 9.17) is 11.6 Å². The molecule has 28 heavy (non-hydrogen) atoms. The zero-order valence-electron chi connectivity index (χ0n) is 15.7. The first-order valence-corrected chi connectivity index (χ1v) is 9.70. The molecule has 7 heteroatoms. The van der Waals surface area contributed by atoms with Crippen LogP contribution in [0.15, 0.2) is 48.5 Å². The van der Waals surface area contributed by atoms with Crippen LogP contribution < -0.4 is 10.6 Å². The molecular weight excluding hydrogens is 400 g/mol. The number of nitrogens with one attached hydrogen (secondary N) is 2. The van der Waals surface area contributed by atoms with Crippen molar-refractivity contribution in [1.82, 2.24) is 10.2 Å². The van der Waals surface area contributed by atoms with E-state index in [0.717, 1.165) is 38.0 Å². The van der Waals surface area contributed by atoms with Gasteiger partial charge in [0.05, 0.1) is 12.2 Å². The van der Waals surface area contributed by atoms with Crippen LogP contribution in [0.4, 0.5) is 10.1 Å². The normalized spacial score (nSPS) is 14.5. The molecule has 1 aliphatic rings. The lowest BCUT2D eigenvalue weighted by Crippen LogP contribution is -2.39. The number of carbonyl (C=O) groups excluding carboxylic acids is 1. The van der Waals surface area contributed by atoms with Crippen molar-refractivity contribution in [2.24, 2.45) is 5.92 Å². The van der Waals surface area contributed by atoms with Gasteiger partial charge in [-0.25, -0.2) is 4.39 Å². The number of rotatable bonds is 7. The fourth-order valence-electron chi connectivity index (χ4n) is 3.42. The summed E-state index contributed by atoms with van der Waals surface area (Å²) in [5.41, 5.74) is 1.32. The van der Waals surface area contributed by atoms with Gasteiger partial charge in [-0.3, -0.25) is 9.69 Å². The van der Waals surface area contributed by atoms with E-state index in [0.29, 0.717) is 17.5 Å². The summed E-state index contributed by atoms with van der Waals surface area (Å²) >= 11 is 5.97. The highest BCUT2D eigenvalue weighted by Crippen LogP contribution is 2.18. The predicted molar refractivity (Wildman–Crippen MR) is 115 cm³/mol. The molecule has 0 unspecified atom stereocenters. The first-order chi connectivity index (χ1) is 13.1. The van der Waals surface area contributed by atoms with Crippen molar-refractivity contribution < 1.29 is 9.18 Å². The SMILES string of the molecule is Cl.O=C(CN(Cc1ccc(Cl)cc1)CC1CCNCC1)Nc1ccccc1F. The average Bonchev–Trinajstić information content (AvgIpc) is 2.66. The summed E-state index contributed by atoms with van der Waals surface area (Å²) in [6, 6.07) is 13.9. The van der Waals surface area contributed by atoms with Crippen LogP contribution in [0.1, 0.15) is 18.4 Å². The Morgan fingerprint density at radius 1 is 1.14 bits per heavy atom. The van der Waals surface area contributed by atoms with Gasteiger partial charge in [0.15, 0.2) is 0 Å². The highest BCUT2D eigenvalue weighted by atomic mass is 35.5. The second kappa shape index (κ2) is 11.4. The van der Waals surface area contributed by atoms with Gasteiger partial charge in [-0.2, -0.15) is 0 Å². The lowest BCUT2D eigenvalue weighted by Gasteiger charge is -2.30. The number of amides is 1. The highest BCUT2D eigenvalue weighted by molar-refractivity contribution is 6.30. The van der Waals surface area contributed by atoms with Gasteiger partial charge in [-0.05, 0) is 61.7 Å². The van der Waals surface area contributed by atoms with E-state index in [2.05, 4.69) is 15.5 Å². The van der Waals surface area contributed by atoms with Crippen molar-refractivity contribution in [2.45, 2.75) is 19.4 Å². The Morgan fingerprint density at radius 2 is 1.82 bits per heavy atom. The Kier molecular flexibility index (Phi) is 9.19. The third kappa shape index (κ3) is 7.06. The van der Waals surface area contributed by atoms with E-state index in [1.807, 2.05) is 24.3 Å². The second-order valence-corrected chi connectivity index (χ2v) is 7.45. The van der Waals surface area contributed by atoms with Crippen molar-refractivity contribution in [3.63, 3.8) is 0 Å². The smallest absolute Gasteiger partial charge is 0.238 e. The summed E-state index contributed by atoms with van der Waals surface area (Å²) in [7, 11) is 0. The third-order valence-corrected chi connectivity index (χ3v) is 5.06. The molecule has 3 rings (SSSR count). The van der Waals surface area contributed by atoms with Crippen molar-refractivity contribution in [2.75, 3.05) is 31.5 Å². The number of halogens is 3. The van der Waals surface area contributed by atoms with Crippen LogP contribution in [0, 0.1) is 11.7 Å². The number of benzene rings is 2. The van der Waals surface area contributed by atoms with Gasteiger partial charge in [-0.1, -0.05) is 35.9 Å². The third-order valence-electron chi connectivity index (χ3n) is 4.81. The predicted octanol–water partition coefficient (Wildman–Crippen LogP) is 4.34. The van der Waals surface area contributed by atoms with Gasteiger partial charge >= 0.3 is 0 Å². The number of anilines is 1. The Bertz CT molecular complexity index is 752. The first kappa shape index (κ1) is 22.6. The standard InChI is InChI=1S/C21H25ClFN3O.ClH/c22-18-7-5-16(6-8-18)13-26(14-17-9-11-24-12-10-17)15-21(27)25-20-4-2-1-3-19(20)23;/h1-8,17,24H,9-15H2,(H,25,27);1H. The minimum atomic E-state index is -0.423. The minimum absolute atomic E-state index is 0. The summed E-state index contributed by atoms with van der Waals surface area (Å²) in [4.78, 5) is 14.6. The number of piperidine rings is 1. The molecule has 1 heterocycles. The van der Waals surface area contributed by atoms with Crippen molar-refractivity contribution >= 4 is 35.6 Å². The van der Waals surface area contributed by atoms with E-state index in [1.165, 1.54) is 6.07 Å². The molecule has 2 N–H and O–H groups in total. The van der Waals surface area contributed by atoms with Gasteiger partial charge in [0.1, 0.15) is 5.82 Å². The molecule has 0 aliphatic carbocycles. The Balaban J connectivity index is 0.00000280. The topological polar surface area (TPSA) is 44.4 Å². The van der Waals surface area contributed by atoms with Gasteiger partial charge in [0, 0.05) is 18.1 Å². The van der Waals surface area contributed by atoms with E-state index < -0.39 is 5.82 Å². The van der Waals surface area contributed by atoms with E-state index >= 15 is 0 Å². The van der Waals surface area contributed by atoms with Crippen LogP contribution >= 0.6 is 24.0 Å². The Hall–Kier alpha value is -1.66. The lowest BCUT2D eigenvalue weighted by molar-refractivity contribution is -0.117. The second-order valence-electron chi connectivity index (χ2n) is 7.02. The molecule has 0 atom stereocenters. The van der Waals surface area contributed by atoms with Gasteiger partial charge < -0.3 is 10.6 Å². The molecule has 1 saturated heterocycles. The summed E-state index contributed by atoms with van der Waals surface area (Å²) in [5.74, 6) is -0.0729. The zero-order chi connectivity index (χ0) is 19.1. The van der Waals surface area contributed by atoms with Crippen LogP contribution in [0.5, 0.6) is 0 Å². The minimum Gasteiger partial charge on any atom is -0.322 e. The van der Waals surface area contributed by atoms with Crippen LogP contribution in [-0.2, 0) is 11.3 Å². The molecule has 2 aromatic carbocycles. The molecule has 0 spiro atoms. The number of hydrogen-bond acceptors (Lipinski definition) is 3. The molecule has 1 amide bonds. The average molecular weight is 426 g/mol. The Morgan fingerprint density at radius 3 is 2.50 bits per heavy atom. The fourth-order valence-corrected chi connectivity index (χ4v) is 3.54. The largest absolute Gasteiger partial charge is 0.322 e. The molecule has 0 radical (unpaired) electrons. The van der Waals surface area contributed by atoms with Crippen LogP contribution in [0.25, 0.3) is 0 Å².